The molecule has 0 bridgehead atoms. The molecule has 1 aromatic heterocycles. The van der Waals surface area contributed by atoms with Crippen LogP contribution in [0.1, 0.15) is 10.4 Å². The molecule has 0 amide bonds. The van der Waals surface area contributed by atoms with Crippen LogP contribution in [0.15, 0.2) is 29.0 Å². The van der Waals surface area contributed by atoms with Gasteiger partial charge in [0.05, 0.1) is 19.8 Å². The number of thiophene rings is 1. The monoisotopic (exact) mass is 264 g/mol. The molecule has 0 saturated heterocycles. The van der Waals surface area contributed by atoms with Crippen LogP contribution < -0.4 is 9.47 Å². The third-order valence-corrected chi connectivity index (χ3v) is 3.33. The molecule has 1 heterocycles. The highest BCUT2D eigenvalue weighted by atomic mass is 32.1. The predicted molar refractivity (Wildman–Crippen MR) is 69.8 cm³/mol. The van der Waals surface area contributed by atoms with Crippen molar-refractivity contribution in [3.8, 4) is 22.6 Å². The van der Waals surface area contributed by atoms with Crippen LogP contribution in [-0.2, 0) is 0 Å². The number of aromatic carboxylic acids is 1. The second-order valence-corrected chi connectivity index (χ2v) is 4.31. The summed E-state index contributed by atoms with van der Waals surface area (Å²) in [5, 5.41) is 12.5. The maximum absolute atomic E-state index is 11.1. The van der Waals surface area contributed by atoms with Crippen LogP contribution in [-0.4, -0.2) is 25.3 Å². The summed E-state index contributed by atoms with van der Waals surface area (Å²) in [5.74, 6) is 0.334. The van der Waals surface area contributed by atoms with Gasteiger partial charge < -0.3 is 14.6 Å². The van der Waals surface area contributed by atoms with Gasteiger partial charge >= 0.3 is 5.97 Å². The fourth-order valence-electron chi connectivity index (χ4n) is 1.70. The van der Waals surface area contributed by atoms with Crippen molar-refractivity contribution in [2.75, 3.05) is 14.2 Å². The minimum absolute atomic E-state index is 0.270. The summed E-state index contributed by atoms with van der Waals surface area (Å²) in [5.41, 5.74) is 1.63. The molecule has 1 aromatic carbocycles. The fraction of sp³-hybridized carbons (Fsp3) is 0.154. The van der Waals surface area contributed by atoms with Gasteiger partial charge in [-0.15, -0.1) is 0 Å². The van der Waals surface area contributed by atoms with Crippen molar-refractivity contribution in [1.82, 2.24) is 0 Å². The van der Waals surface area contributed by atoms with Crippen LogP contribution in [0.4, 0.5) is 0 Å². The third kappa shape index (κ3) is 2.17. The molecular formula is C13H12O4S. The highest BCUT2D eigenvalue weighted by molar-refractivity contribution is 7.08. The van der Waals surface area contributed by atoms with Gasteiger partial charge in [-0.3, -0.25) is 0 Å². The first kappa shape index (κ1) is 12.4. The fourth-order valence-corrected chi connectivity index (χ4v) is 2.52. The Morgan fingerprint density at radius 2 is 1.94 bits per heavy atom. The topological polar surface area (TPSA) is 55.8 Å². The minimum atomic E-state index is -0.948. The Hall–Kier alpha value is -2.01. The second kappa shape index (κ2) is 5.10. The Morgan fingerprint density at radius 1 is 1.17 bits per heavy atom. The smallest absolute Gasteiger partial charge is 0.337 e. The maximum Gasteiger partial charge on any atom is 0.337 e. The average Bonchev–Trinajstić information content (AvgIpc) is 2.87. The highest BCUT2D eigenvalue weighted by Gasteiger charge is 2.16. The molecule has 0 aliphatic carbocycles. The average molecular weight is 264 g/mol. The van der Waals surface area contributed by atoms with Gasteiger partial charge in [0, 0.05) is 16.5 Å². The van der Waals surface area contributed by atoms with Gasteiger partial charge in [-0.2, -0.15) is 11.3 Å². The van der Waals surface area contributed by atoms with E-state index in [4.69, 9.17) is 14.6 Å². The normalized spacial score (nSPS) is 10.1. The van der Waals surface area contributed by atoms with Gasteiger partial charge in [0.15, 0.2) is 0 Å². The Balaban J connectivity index is 2.61. The summed E-state index contributed by atoms with van der Waals surface area (Å²) in [6, 6.07) is 5.31. The lowest BCUT2D eigenvalue weighted by atomic mass is 10.0. The van der Waals surface area contributed by atoms with Crippen LogP contribution in [0.5, 0.6) is 11.5 Å². The summed E-state index contributed by atoms with van der Waals surface area (Å²) in [4.78, 5) is 11.1. The summed E-state index contributed by atoms with van der Waals surface area (Å²) >= 11 is 1.34. The maximum atomic E-state index is 11.1. The number of methoxy groups -OCH3 is 2. The van der Waals surface area contributed by atoms with Crippen LogP contribution >= 0.6 is 11.3 Å². The number of carboxylic acid groups (broad SMARTS) is 1. The summed E-state index contributed by atoms with van der Waals surface area (Å²) < 4.78 is 10.4. The van der Waals surface area contributed by atoms with Crippen molar-refractivity contribution >= 4 is 17.3 Å². The molecule has 0 aliphatic rings. The number of benzene rings is 1. The molecule has 0 fully saturated rings. The lowest BCUT2D eigenvalue weighted by molar-refractivity contribution is 0.0698. The minimum Gasteiger partial charge on any atom is -0.497 e. The van der Waals surface area contributed by atoms with Gasteiger partial charge in [0.2, 0.25) is 0 Å². The Labute approximate surface area is 108 Å². The van der Waals surface area contributed by atoms with Crippen LogP contribution in [0.25, 0.3) is 11.1 Å². The Kier molecular flexibility index (Phi) is 3.53. The first-order valence-electron chi connectivity index (χ1n) is 5.19. The number of rotatable bonds is 4. The van der Waals surface area contributed by atoms with E-state index >= 15 is 0 Å². The van der Waals surface area contributed by atoms with Gasteiger partial charge in [-0.05, 0) is 23.6 Å². The van der Waals surface area contributed by atoms with E-state index in [1.165, 1.54) is 11.3 Å². The zero-order valence-corrected chi connectivity index (χ0v) is 10.8. The van der Waals surface area contributed by atoms with E-state index < -0.39 is 5.97 Å². The molecule has 0 radical (unpaired) electrons. The summed E-state index contributed by atoms with van der Waals surface area (Å²) in [7, 11) is 3.12. The molecule has 18 heavy (non-hydrogen) atoms. The van der Waals surface area contributed by atoms with E-state index in [1.807, 2.05) is 0 Å². The molecule has 0 unspecified atom stereocenters. The Morgan fingerprint density at radius 3 is 2.56 bits per heavy atom. The number of carboxylic acids is 1. The van der Waals surface area contributed by atoms with Crippen molar-refractivity contribution in [1.29, 1.82) is 0 Å². The van der Waals surface area contributed by atoms with Crippen molar-refractivity contribution < 1.29 is 19.4 Å². The quantitative estimate of drug-likeness (QED) is 0.921. The van der Waals surface area contributed by atoms with Gasteiger partial charge in [-0.1, -0.05) is 0 Å². The largest absolute Gasteiger partial charge is 0.497 e. The number of hydrogen-bond donors (Lipinski definition) is 1. The first-order valence-corrected chi connectivity index (χ1v) is 6.13. The lowest BCUT2D eigenvalue weighted by Gasteiger charge is -2.10. The van der Waals surface area contributed by atoms with Crippen molar-refractivity contribution in [3.05, 3.63) is 34.5 Å². The molecule has 0 saturated carbocycles. The van der Waals surface area contributed by atoms with Gasteiger partial charge in [0.25, 0.3) is 0 Å². The molecular weight excluding hydrogens is 252 g/mol. The van der Waals surface area contributed by atoms with E-state index in [2.05, 4.69) is 0 Å². The SMILES string of the molecule is COc1ccc(OC)c(-c2cscc2C(=O)O)c1. The molecule has 2 aromatic rings. The molecule has 2 rings (SSSR count). The molecule has 0 aliphatic heterocycles. The molecule has 5 heteroatoms. The highest BCUT2D eigenvalue weighted by Crippen LogP contribution is 2.37. The van der Waals surface area contributed by atoms with Crippen molar-refractivity contribution in [2.24, 2.45) is 0 Å². The molecule has 4 nitrogen and oxygen atoms in total. The zero-order valence-electron chi connectivity index (χ0n) is 9.97. The molecule has 94 valence electrons. The molecule has 0 spiro atoms. The van der Waals surface area contributed by atoms with Gasteiger partial charge in [0.1, 0.15) is 11.5 Å². The van der Waals surface area contributed by atoms with Crippen LogP contribution in [0.2, 0.25) is 0 Å². The van der Waals surface area contributed by atoms with Crippen LogP contribution in [0.3, 0.4) is 0 Å². The number of ether oxygens (including phenoxy) is 2. The number of carbonyl (C=O) groups is 1. The van der Waals surface area contributed by atoms with E-state index in [0.29, 0.717) is 17.1 Å². The van der Waals surface area contributed by atoms with Crippen molar-refractivity contribution in [3.63, 3.8) is 0 Å². The standard InChI is InChI=1S/C13H12O4S/c1-16-8-3-4-12(17-2)9(5-8)10-6-18-7-11(10)13(14)15/h3-7H,1-2H3,(H,14,15). The predicted octanol–water partition coefficient (Wildman–Crippen LogP) is 3.13. The van der Waals surface area contributed by atoms with E-state index in [9.17, 15) is 4.79 Å². The van der Waals surface area contributed by atoms with E-state index in [0.717, 1.165) is 5.56 Å². The molecule has 1 N–H and O–H groups in total. The molecule has 0 atom stereocenters. The van der Waals surface area contributed by atoms with Gasteiger partial charge in [-0.25, -0.2) is 4.79 Å². The zero-order chi connectivity index (χ0) is 13.1. The van der Waals surface area contributed by atoms with E-state index in [1.54, 1.807) is 43.2 Å². The third-order valence-electron chi connectivity index (χ3n) is 2.59. The summed E-state index contributed by atoms with van der Waals surface area (Å²) in [6.45, 7) is 0. The lowest BCUT2D eigenvalue weighted by Crippen LogP contribution is -1.97. The second-order valence-electron chi connectivity index (χ2n) is 3.57. The Bertz CT molecular complexity index is 574. The van der Waals surface area contributed by atoms with Crippen LogP contribution in [0, 0.1) is 0 Å². The number of hydrogen-bond acceptors (Lipinski definition) is 4. The summed E-state index contributed by atoms with van der Waals surface area (Å²) in [6.07, 6.45) is 0. The first-order chi connectivity index (χ1) is 8.67. The van der Waals surface area contributed by atoms with E-state index in [-0.39, 0.29) is 5.56 Å². The van der Waals surface area contributed by atoms with Crippen molar-refractivity contribution in [2.45, 2.75) is 0 Å².